The number of methoxy groups -OCH3 is 1. The van der Waals surface area contributed by atoms with E-state index in [0.717, 1.165) is 5.56 Å². The van der Waals surface area contributed by atoms with Crippen LogP contribution in [0.1, 0.15) is 12.0 Å². The third-order valence-corrected chi connectivity index (χ3v) is 2.72. The molecule has 1 rings (SSSR count). The number of halogens is 1. The number of carbonyl (C=O) groups is 1. The van der Waals surface area contributed by atoms with Crippen LogP contribution in [-0.4, -0.2) is 37.9 Å². The summed E-state index contributed by atoms with van der Waals surface area (Å²) in [6.07, 6.45) is 0.568. The minimum absolute atomic E-state index is 0.0680. The van der Waals surface area contributed by atoms with Crippen LogP contribution >= 0.6 is 0 Å². The maximum absolute atomic E-state index is 13.5. The lowest BCUT2D eigenvalue weighted by atomic mass is 10.1. The minimum Gasteiger partial charge on any atom is -0.494 e. The highest BCUT2D eigenvalue weighted by molar-refractivity contribution is 5.82. The van der Waals surface area contributed by atoms with Crippen molar-refractivity contribution in [3.8, 4) is 11.8 Å². The summed E-state index contributed by atoms with van der Waals surface area (Å²) in [5.74, 6) is -0.268. The van der Waals surface area contributed by atoms with E-state index in [-0.39, 0.29) is 30.3 Å². The van der Waals surface area contributed by atoms with Crippen LogP contribution in [0.15, 0.2) is 18.2 Å². The Labute approximate surface area is 112 Å². The predicted octanol–water partition coefficient (Wildman–Crippen LogP) is 1.79. The lowest BCUT2D eigenvalue weighted by molar-refractivity contribution is -0.118. The molecule has 0 unspecified atom stereocenters. The number of hydrogen-bond donors (Lipinski definition) is 0. The number of nitriles is 1. The van der Waals surface area contributed by atoms with Gasteiger partial charge in [0.25, 0.3) is 0 Å². The zero-order valence-electron chi connectivity index (χ0n) is 11.1. The van der Waals surface area contributed by atoms with E-state index in [1.54, 1.807) is 19.2 Å². The van der Waals surface area contributed by atoms with Crippen LogP contribution in [0, 0.1) is 17.1 Å². The highest BCUT2D eigenvalue weighted by Gasteiger charge is 2.08. The highest BCUT2D eigenvalue weighted by atomic mass is 19.1. The average Bonchev–Trinajstić information content (AvgIpc) is 2.36. The summed E-state index contributed by atoms with van der Waals surface area (Å²) in [7, 11) is 3.22. The van der Waals surface area contributed by atoms with Gasteiger partial charge in [0.1, 0.15) is 0 Å². The van der Waals surface area contributed by atoms with Crippen molar-refractivity contribution in [2.75, 3.05) is 27.2 Å². The van der Waals surface area contributed by atoms with Crippen molar-refractivity contribution in [1.29, 1.82) is 5.26 Å². The summed E-state index contributed by atoms with van der Waals surface area (Å²) in [5.41, 5.74) is 0.845. The molecule has 0 radical (unpaired) electrons. The van der Waals surface area contributed by atoms with Crippen molar-refractivity contribution < 1.29 is 13.9 Å². The molecule has 0 aliphatic heterocycles. The summed E-state index contributed by atoms with van der Waals surface area (Å²) in [4.78, 5) is 13.1. The number of nitrogens with zero attached hydrogens (tertiary/aromatic N) is 2. The molecule has 0 aliphatic rings. The first-order valence-corrected chi connectivity index (χ1v) is 5.96. The van der Waals surface area contributed by atoms with E-state index >= 15 is 0 Å². The second-order valence-corrected chi connectivity index (χ2v) is 4.33. The van der Waals surface area contributed by atoms with E-state index < -0.39 is 0 Å². The first-order valence-electron chi connectivity index (χ1n) is 5.96. The van der Waals surface area contributed by atoms with Gasteiger partial charge >= 0.3 is 0 Å². The summed E-state index contributed by atoms with van der Waals surface area (Å²) >= 11 is 0. The Balaban J connectivity index is 2.46. The standard InChI is InChI=1S/C14H17FN2O2/c1-17(10-12(18)5-7-16)8-6-11-3-4-14(19-2)13(15)9-11/h3-4,9H,5-6,8,10H2,1-2H3. The molecule has 102 valence electrons. The van der Waals surface area contributed by atoms with E-state index in [4.69, 9.17) is 10.00 Å². The Morgan fingerprint density at radius 2 is 2.26 bits per heavy atom. The second-order valence-electron chi connectivity index (χ2n) is 4.33. The van der Waals surface area contributed by atoms with Crippen LogP contribution in [0.25, 0.3) is 0 Å². The largest absolute Gasteiger partial charge is 0.494 e. The van der Waals surface area contributed by atoms with Gasteiger partial charge in [-0.25, -0.2) is 4.39 Å². The topological polar surface area (TPSA) is 53.3 Å². The monoisotopic (exact) mass is 264 g/mol. The summed E-state index contributed by atoms with van der Waals surface area (Å²) < 4.78 is 18.3. The molecule has 0 bridgehead atoms. The van der Waals surface area contributed by atoms with E-state index in [0.29, 0.717) is 13.0 Å². The highest BCUT2D eigenvalue weighted by Crippen LogP contribution is 2.17. The zero-order chi connectivity index (χ0) is 14.3. The fourth-order valence-electron chi connectivity index (χ4n) is 1.71. The summed E-state index contributed by atoms with van der Waals surface area (Å²) in [5, 5.41) is 8.39. The molecular weight excluding hydrogens is 247 g/mol. The number of carbonyl (C=O) groups excluding carboxylic acids is 1. The molecule has 0 atom stereocenters. The van der Waals surface area contributed by atoms with Crippen LogP contribution in [0.2, 0.25) is 0 Å². The molecule has 0 saturated carbocycles. The van der Waals surface area contributed by atoms with Crippen molar-refractivity contribution >= 4 is 5.78 Å². The van der Waals surface area contributed by atoms with Crippen molar-refractivity contribution in [1.82, 2.24) is 4.90 Å². The van der Waals surface area contributed by atoms with Gasteiger partial charge in [-0.1, -0.05) is 6.07 Å². The van der Waals surface area contributed by atoms with E-state index in [1.165, 1.54) is 13.2 Å². The summed E-state index contributed by atoms with van der Waals surface area (Å²) in [6.45, 7) is 0.870. The number of Topliss-reactive ketones (excluding diaryl/α,β-unsaturated/α-hetero) is 1. The zero-order valence-corrected chi connectivity index (χ0v) is 11.1. The number of ketones is 1. The molecule has 0 amide bonds. The maximum Gasteiger partial charge on any atom is 0.165 e. The SMILES string of the molecule is COc1ccc(CCN(C)CC(=O)CC#N)cc1F. The quantitative estimate of drug-likeness (QED) is 0.753. The van der Waals surface area contributed by atoms with Gasteiger partial charge in [-0.15, -0.1) is 0 Å². The Morgan fingerprint density at radius 1 is 1.53 bits per heavy atom. The Morgan fingerprint density at radius 3 is 2.84 bits per heavy atom. The van der Waals surface area contributed by atoms with Gasteiger partial charge in [-0.05, 0) is 31.2 Å². The van der Waals surface area contributed by atoms with Crippen LogP contribution in [-0.2, 0) is 11.2 Å². The molecule has 0 aromatic heterocycles. The molecule has 5 heteroatoms. The van der Waals surface area contributed by atoms with Gasteiger partial charge in [0.2, 0.25) is 0 Å². The second kappa shape index (κ2) is 7.49. The third-order valence-electron chi connectivity index (χ3n) is 2.72. The normalized spacial score (nSPS) is 10.3. The number of likely N-dealkylation sites (N-methyl/N-ethyl adjacent to an activating group) is 1. The van der Waals surface area contributed by atoms with Crippen molar-refractivity contribution in [3.63, 3.8) is 0 Å². The Kier molecular flexibility index (Phi) is 5.97. The molecule has 4 nitrogen and oxygen atoms in total. The van der Waals surface area contributed by atoms with Crippen LogP contribution < -0.4 is 4.74 Å². The van der Waals surface area contributed by atoms with Crippen LogP contribution in [0.4, 0.5) is 4.39 Å². The van der Waals surface area contributed by atoms with Gasteiger partial charge in [-0.3, -0.25) is 9.69 Å². The first-order chi connectivity index (χ1) is 9.06. The molecule has 0 saturated heterocycles. The third kappa shape index (κ3) is 5.06. The molecule has 0 N–H and O–H groups in total. The minimum atomic E-state index is -0.386. The average molecular weight is 264 g/mol. The Hall–Kier alpha value is -1.93. The maximum atomic E-state index is 13.5. The number of benzene rings is 1. The lowest BCUT2D eigenvalue weighted by Gasteiger charge is -2.15. The van der Waals surface area contributed by atoms with Crippen LogP contribution in [0.3, 0.4) is 0 Å². The number of ether oxygens (including phenoxy) is 1. The number of rotatable bonds is 7. The van der Waals surface area contributed by atoms with Gasteiger partial charge < -0.3 is 4.74 Å². The smallest absolute Gasteiger partial charge is 0.165 e. The van der Waals surface area contributed by atoms with Crippen molar-refractivity contribution in [2.24, 2.45) is 0 Å². The Bertz CT molecular complexity index is 483. The van der Waals surface area contributed by atoms with Gasteiger partial charge in [-0.2, -0.15) is 5.26 Å². The van der Waals surface area contributed by atoms with Crippen molar-refractivity contribution in [3.05, 3.63) is 29.6 Å². The van der Waals surface area contributed by atoms with E-state index in [1.807, 2.05) is 11.0 Å². The van der Waals surface area contributed by atoms with Gasteiger partial charge in [0, 0.05) is 6.54 Å². The predicted molar refractivity (Wildman–Crippen MR) is 69.4 cm³/mol. The molecule has 1 aromatic carbocycles. The van der Waals surface area contributed by atoms with E-state index in [9.17, 15) is 9.18 Å². The first kappa shape index (κ1) is 15.1. The fourth-order valence-corrected chi connectivity index (χ4v) is 1.71. The fraction of sp³-hybridized carbons (Fsp3) is 0.429. The van der Waals surface area contributed by atoms with Crippen molar-refractivity contribution in [2.45, 2.75) is 12.8 Å². The lowest BCUT2D eigenvalue weighted by Crippen LogP contribution is -2.27. The van der Waals surface area contributed by atoms with Gasteiger partial charge in [0.15, 0.2) is 17.3 Å². The molecule has 1 aromatic rings. The summed E-state index contributed by atoms with van der Waals surface area (Å²) in [6, 6.07) is 6.65. The molecule has 0 heterocycles. The molecule has 0 aliphatic carbocycles. The molecule has 19 heavy (non-hydrogen) atoms. The van der Waals surface area contributed by atoms with Gasteiger partial charge in [0.05, 0.1) is 26.1 Å². The molecule has 0 fully saturated rings. The van der Waals surface area contributed by atoms with E-state index in [2.05, 4.69) is 0 Å². The molecular formula is C14H17FN2O2. The molecule has 0 spiro atoms. The number of hydrogen-bond acceptors (Lipinski definition) is 4. The van der Waals surface area contributed by atoms with Crippen LogP contribution in [0.5, 0.6) is 5.75 Å².